The van der Waals surface area contributed by atoms with Gasteiger partial charge in [-0.05, 0) is 49.4 Å². The van der Waals surface area contributed by atoms with Gasteiger partial charge in [0.05, 0.1) is 26.4 Å². The van der Waals surface area contributed by atoms with Crippen LogP contribution in [0.5, 0.6) is 0 Å². The van der Waals surface area contributed by atoms with Crippen LogP contribution in [0.1, 0.15) is 331 Å². The summed E-state index contributed by atoms with van der Waals surface area (Å²) in [6.07, 6.45) is 39.1. The van der Waals surface area contributed by atoms with Crippen molar-refractivity contribution in [1.29, 1.82) is 0 Å². The third kappa shape index (κ3) is 61.3. The fourth-order valence-corrected chi connectivity index (χ4v) is 11.7. The second kappa shape index (κ2) is 57.9. The molecule has 0 bridgehead atoms. The second-order valence-electron chi connectivity index (χ2n) is 26.2. The Morgan fingerprint density at radius 3 is 0.816 bits per heavy atom. The number of phosphoric acid groups is 2. The first-order chi connectivity index (χ1) is 41.6. The van der Waals surface area contributed by atoms with E-state index in [1.807, 2.05) is 0 Å². The number of phosphoric ester groups is 2. The Bertz CT molecular complexity index is 1730. The SMILES string of the molecule is CCC(C)CCCCCCCCCCCCC(=O)O[C@H](COC(=O)CCCCCCCCC(C)C)COP(=O)(O)OCC(O)COP(=O)(O)OC[C@@H](COC(=O)CCCCCCCCCC(C)C)OC(=O)CCCCCCCCCCCCCC(C)C. The maximum Gasteiger partial charge on any atom is 0.472 e. The van der Waals surface area contributed by atoms with Crippen molar-refractivity contribution in [2.45, 2.75) is 350 Å². The zero-order chi connectivity index (χ0) is 64.7. The van der Waals surface area contributed by atoms with Crippen molar-refractivity contribution in [1.82, 2.24) is 0 Å². The lowest BCUT2D eigenvalue weighted by Crippen LogP contribution is -2.30. The third-order valence-corrected chi connectivity index (χ3v) is 17.8. The number of rotatable bonds is 65. The molecule has 0 spiro atoms. The van der Waals surface area contributed by atoms with Gasteiger partial charge >= 0.3 is 39.5 Å². The summed E-state index contributed by atoms with van der Waals surface area (Å²) >= 11 is 0. The number of carbonyl (C=O) groups is 4. The Kier molecular flexibility index (Phi) is 56.6. The molecule has 0 aromatic rings. The van der Waals surface area contributed by atoms with Crippen molar-refractivity contribution >= 4 is 39.5 Å². The molecule has 0 fully saturated rings. The monoisotopic (exact) mass is 1280 g/mol. The minimum absolute atomic E-state index is 0.104. The molecule has 0 radical (unpaired) electrons. The van der Waals surface area contributed by atoms with Crippen LogP contribution in [0.4, 0.5) is 0 Å². The van der Waals surface area contributed by atoms with Gasteiger partial charge in [0.15, 0.2) is 12.2 Å². The summed E-state index contributed by atoms with van der Waals surface area (Å²) in [5, 5.41) is 10.6. The summed E-state index contributed by atoms with van der Waals surface area (Å²) in [4.78, 5) is 72.4. The van der Waals surface area contributed by atoms with Crippen LogP contribution < -0.4 is 0 Å². The highest BCUT2D eigenvalue weighted by atomic mass is 31.2. The average molecular weight is 1280 g/mol. The first-order valence-corrected chi connectivity index (χ1v) is 38.2. The molecular weight excluding hydrogens is 1150 g/mol. The molecule has 0 saturated carbocycles. The van der Waals surface area contributed by atoms with E-state index < -0.39 is 97.5 Å². The number of ether oxygens (including phenoxy) is 4. The van der Waals surface area contributed by atoms with E-state index in [0.29, 0.717) is 37.5 Å². The zero-order valence-electron chi connectivity index (χ0n) is 56.6. The van der Waals surface area contributed by atoms with Gasteiger partial charge in [-0.25, -0.2) is 9.13 Å². The molecule has 6 atom stereocenters. The van der Waals surface area contributed by atoms with Gasteiger partial charge in [-0.1, -0.05) is 280 Å². The fourth-order valence-electron chi connectivity index (χ4n) is 10.1. The minimum atomic E-state index is -4.95. The Hall–Kier alpha value is -1.94. The number of aliphatic hydroxyl groups is 1. The van der Waals surface area contributed by atoms with E-state index in [1.54, 1.807) is 0 Å². The van der Waals surface area contributed by atoms with E-state index in [4.69, 9.17) is 37.0 Å². The molecule has 0 aromatic heterocycles. The lowest BCUT2D eigenvalue weighted by molar-refractivity contribution is -0.161. The molecular formula is C68H132O17P2. The maximum atomic E-state index is 13.0. The summed E-state index contributed by atoms with van der Waals surface area (Å²) in [7, 11) is -9.90. The summed E-state index contributed by atoms with van der Waals surface area (Å²) in [5.41, 5.74) is 0. The summed E-state index contributed by atoms with van der Waals surface area (Å²) in [5.74, 6) is 0.818. The van der Waals surface area contributed by atoms with Gasteiger partial charge in [-0.2, -0.15) is 0 Å². The van der Waals surface area contributed by atoms with Crippen LogP contribution in [0.3, 0.4) is 0 Å². The summed E-state index contributed by atoms with van der Waals surface area (Å²) in [6, 6.07) is 0. The minimum Gasteiger partial charge on any atom is -0.462 e. The molecule has 0 heterocycles. The Balaban J connectivity index is 5.25. The molecule has 19 heteroatoms. The van der Waals surface area contributed by atoms with Crippen molar-refractivity contribution in [2.24, 2.45) is 23.7 Å². The van der Waals surface area contributed by atoms with Crippen LogP contribution in [0.2, 0.25) is 0 Å². The van der Waals surface area contributed by atoms with Crippen LogP contribution in [0.15, 0.2) is 0 Å². The maximum absolute atomic E-state index is 13.0. The summed E-state index contributed by atoms with van der Waals surface area (Å²) in [6.45, 7) is 14.0. The quantitative estimate of drug-likeness (QED) is 0.0222. The Labute approximate surface area is 530 Å². The molecule has 0 rings (SSSR count). The first-order valence-electron chi connectivity index (χ1n) is 35.2. The number of carbonyl (C=O) groups excluding carboxylic acids is 4. The van der Waals surface area contributed by atoms with Crippen molar-refractivity contribution in [3.05, 3.63) is 0 Å². The van der Waals surface area contributed by atoms with Gasteiger partial charge in [0.25, 0.3) is 0 Å². The van der Waals surface area contributed by atoms with Gasteiger partial charge in [-0.15, -0.1) is 0 Å². The highest BCUT2D eigenvalue weighted by molar-refractivity contribution is 7.47. The van der Waals surface area contributed by atoms with Crippen LogP contribution in [0.25, 0.3) is 0 Å². The molecule has 0 aliphatic heterocycles. The molecule has 0 aliphatic carbocycles. The number of esters is 4. The van der Waals surface area contributed by atoms with E-state index in [0.717, 1.165) is 115 Å². The van der Waals surface area contributed by atoms with E-state index in [9.17, 15) is 43.2 Å². The van der Waals surface area contributed by atoms with Gasteiger partial charge < -0.3 is 33.8 Å². The van der Waals surface area contributed by atoms with E-state index in [2.05, 4.69) is 55.4 Å². The first kappa shape index (κ1) is 85.1. The Morgan fingerprint density at radius 1 is 0.322 bits per heavy atom. The molecule has 516 valence electrons. The lowest BCUT2D eigenvalue weighted by atomic mass is 9.99. The highest BCUT2D eigenvalue weighted by Crippen LogP contribution is 2.45. The molecule has 0 saturated heterocycles. The van der Waals surface area contributed by atoms with Crippen molar-refractivity contribution in [3.8, 4) is 0 Å². The molecule has 0 aliphatic rings. The van der Waals surface area contributed by atoms with Crippen molar-refractivity contribution in [3.63, 3.8) is 0 Å². The Morgan fingerprint density at radius 2 is 0.552 bits per heavy atom. The van der Waals surface area contributed by atoms with Crippen molar-refractivity contribution in [2.75, 3.05) is 39.6 Å². The molecule has 87 heavy (non-hydrogen) atoms. The number of hydrogen-bond donors (Lipinski definition) is 3. The molecule has 17 nitrogen and oxygen atoms in total. The second-order valence-corrected chi connectivity index (χ2v) is 29.1. The van der Waals surface area contributed by atoms with Gasteiger partial charge in [0.1, 0.15) is 19.3 Å². The number of hydrogen-bond acceptors (Lipinski definition) is 15. The van der Waals surface area contributed by atoms with Crippen LogP contribution >= 0.6 is 15.6 Å². The molecule has 3 N–H and O–H groups in total. The van der Waals surface area contributed by atoms with E-state index >= 15 is 0 Å². The smallest absolute Gasteiger partial charge is 0.462 e. The fraction of sp³-hybridized carbons (Fsp3) is 0.941. The average Bonchev–Trinajstić information content (AvgIpc) is 3.65. The molecule has 0 aromatic carbocycles. The van der Waals surface area contributed by atoms with E-state index in [-0.39, 0.29) is 25.7 Å². The van der Waals surface area contributed by atoms with Crippen molar-refractivity contribution < 1.29 is 80.2 Å². The number of unbranched alkanes of at least 4 members (excludes halogenated alkanes) is 30. The van der Waals surface area contributed by atoms with Crippen LogP contribution in [0, 0.1) is 23.7 Å². The number of aliphatic hydroxyl groups excluding tert-OH is 1. The van der Waals surface area contributed by atoms with Crippen LogP contribution in [-0.2, 0) is 65.4 Å². The molecule has 0 amide bonds. The van der Waals surface area contributed by atoms with E-state index in [1.165, 1.54) is 122 Å². The predicted octanol–water partition coefficient (Wildman–Crippen LogP) is 18.9. The van der Waals surface area contributed by atoms with Gasteiger partial charge in [0.2, 0.25) is 0 Å². The standard InChI is InChI=1S/C68H132O17P2/c1-9-61(8)47-39-31-22-16-13-14-18-24-35-43-51-68(73)85-64(55-79-66(71)49-41-33-27-26-30-38-46-60(6)7)57-83-87(76,77)81-53-62(69)52-80-86(74,75)82-56-63(54-78-65(70)48-40-32-25-19-21-29-37-45-59(4)5)84-67(72)50-42-34-23-17-12-10-11-15-20-28-36-44-58(2)3/h58-64,69H,9-57H2,1-8H3,(H,74,75)(H,76,77)/t61?,62?,63-,64-/m1/s1. The largest absolute Gasteiger partial charge is 0.472 e. The van der Waals surface area contributed by atoms with Gasteiger partial charge in [0, 0.05) is 25.7 Å². The highest BCUT2D eigenvalue weighted by Gasteiger charge is 2.30. The lowest BCUT2D eigenvalue weighted by Gasteiger charge is -2.21. The third-order valence-electron chi connectivity index (χ3n) is 15.9. The summed E-state index contributed by atoms with van der Waals surface area (Å²) < 4.78 is 68.2. The topological polar surface area (TPSA) is 237 Å². The zero-order valence-corrected chi connectivity index (χ0v) is 58.4. The van der Waals surface area contributed by atoms with Crippen LogP contribution in [-0.4, -0.2) is 96.7 Å². The predicted molar refractivity (Wildman–Crippen MR) is 349 cm³/mol. The molecule has 4 unspecified atom stereocenters. The van der Waals surface area contributed by atoms with Gasteiger partial charge in [-0.3, -0.25) is 37.3 Å². The normalized spacial score (nSPS) is 14.6.